The molecule has 0 fully saturated rings. The van der Waals surface area contributed by atoms with E-state index < -0.39 is 20.4 Å². The minimum absolute atomic E-state index is 0.0656. The van der Waals surface area contributed by atoms with Crippen molar-refractivity contribution in [3.8, 4) is 0 Å². The van der Waals surface area contributed by atoms with Crippen molar-refractivity contribution in [2.24, 2.45) is 0 Å². The SMILES string of the molecule is Cc1ccc2c(=O)c3c(S(=O)(=O)O)c4[nH]c5c(C)cccc5c(=O)c4cc3[nH]c2c1. The Bertz CT molecular complexity index is 1780. The topological polar surface area (TPSA) is 120 Å². The maximum Gasteiger partial charge on any atom is 0.297 e. The molecule has 0 atom stereocenters. The minimum Gasteiger partial charge on any atom is -0.354 e. The molecule has 0 radical (unpaired) electrons. The molecule has 0 unspecified atom stereocenters. The zero-order chi connectivity index (χ0) is 21.4. The van der Waals surface area contributed by atoms with Crippen molar-refractivity contribution in [3.63, 3.8) is 0 Å². The number of aryl methyl sites for hydroxylation is 2. The summed E-state index contributed by atoms with van der Waals surface area (Å²) in [4.78, 5) is 31.9. The summed E-state index contributed by atoms with van der Waals surface area (Å²) in [6.07, 6.45) is 0. The highest BCUT2D eigenvalue weighted by Crippen LogP contribution is 2.30. The first-order chi connectivity index (χ1) is 14.2. The van der Waals surface area contributed by atoms with Crippen LogP contribution in [0.15, 0.2) is 56.9 Å². The highest BCUT2D eigenvalue weighted by atomic mass is 32.2. The molecule has 0 amide bonds. The number of pyridine rings is 2. The van der Waals surface area contributed by atoms with Gasteiger partial charge in [0.15, 0.2) is 10.9 Å². The molecular formula is C22H16N2O5S. The zero-order valence-corrected chi connectivity index (χ0v) is 16.8. The van der Waals surface area contributed by atoms with Crippen molar-refractivity contribution < 1.29 is 13.0 Å². The van der Waals surface area contributed by atoms with Crippen LogP contribution in [0.4, 0.5) is 0 Å². The average Bonchev–Trinajstić information content (AvgIpc) is 2.67. The van der Waals surface area contributed by atoms with E-state index in [-0.39, 0.29) is 32.6 Å². The van der Waals surface area contributed by atoms with Gasteiger partial charge in [0, 0.05) is 21.7 Å². The van der Waals surface area contributed by atoms with Crippen LogP contribution in [0, 0.1) is 13.8 Å². The van der Waals surface area contributed by atoms with Crippen LogP contribution in [0.3, 0.4) is 0 Å². The molecule has 8 heteroatoms. The molecule has 3 aromatic carbocycles. The maximum absolute atomic E-state index is 13.2. The Morgan fingerprint density at radius 1 is 0.800 bits per heavy atom. The van der Waals surface area contributed by atoms with E-state index in [1.54, 1.807) is 43.3 Å². The fraction of sp³-hybridized carbons (Fsp3) is 0.0909. The van der Waals surface area contributed by atoms with E-state index in [1.807, 2.05) is 6.92 Å². The quantitative estimate of drug-likeness (QED) is 0.283. The van der Waals surface area contributed by atoms with Crippen LogP contribution < -0.4 is 10.9 Å². The lowest BCUT2D eigenvalue weighted by molar-refractivity contribution is 0.485. The number of hydrogen-bond acceptors (Lipinski definition) is 4. The van der Waals surface area contributed by atoms with Gasteiger partial charge in [-0.25, -0.2) is 0 Å². The van der Waals surface area contributed by atoms with Crippen molar-refractivity contribution in [2.75, 3.05) is 0 Å². The summed E-state index contributed by atoms with van der Waals surface area (Å²) in [5.41, 5.74) is 1.75. The predicted octanol–water partition coefficient (Wildman–Crippen LogP) is 3.54. The highest BCUT2D eigenvalue weighted by Gasteiger charge is 2.25. The van der Waals surface area contributed by atoms with Crippen LogP contribution in [0.2, 0.25) is 0 Å². The average molecular weight is 420 g/mol. The van der Waals surface area contributed by atoms with Crippen molar-refractivity contribution in [1.82, 2.24) is 9.97 Å². The molecule has 2 aromatic heterocycles. The molecule has 0 saturated heterocycles. The van der Waals surface area contributed by atoms with Gasteiger partial charge in [-0.05, 0) is 49.2 Å². The van der Waals surface area contributed by atoms with Crippen molar-refractivity contribution >= 4 is 53.7 Å². The molecule has 0 bridgehead atoms. The summed E-state index contributed by atoms with van der Waals surface area (Å²) in [5.74, 6) is 0. The Morgan fingerprint density at radius 3 is 2.30 bits per heavy atom. The lowest BCUT2D eigenvalue weighted by Crippen LogP contribution is -2.14. The molecule has 30 heavy (non-hydrogen) atoms. The van der Waals surface area contributed by atoms with E-state index in [4.69, 9.17) is 0 Å². The predicted molar refractivity (Wildman–Crippen MR) is 117 cm³/mol. The molecule has 0 aliphatic heterocycles. The Morgan fingerprint density at radius 2 is 1.57 bits per heavy atom. The Balaban J connectivity index is 2.17. The third kappa shape index (κ3) is 2.51. The summed E-state index contributed by atoms with van der Waals surface area (Å²) in [7, 11) is -4.84. The summed E-state index contributed by atoms with van der Waals surface area (Å²) in [5, 5.41) is 0.555. The number of rotatable bonds is 1. The monoisotopic (exact) mass is 420 g/mol. The molecule has 0 spiro atoms. The standard InChI is InChI=1S/C22H16N2O5S/c1-10-6-7-12-15(8-10)23-16-9-14-19(22(30(27,28)29)17(16)21(12)26)24-18-11(2)4-3-5-13(18)20(14)25/h3-9H,1-2H3,(H,23,26)(H,24,25)(H,27,28,29). The first-order valence-corrected chi connectivity index (χ1v) is 10.6. The van der Waals surface area contributed by atoms with Crippen LogP contribution in [-0.4, -0.2) is 22.9 Å². The van der Waals surface area contributed by atoms with Crippen molar-refractivity contribution in [2.45, 2.75) is 18.7 Å². The summed E-state index contributed by atoms with van der Waals surface area (Å²) < 4.78 is 34.9. The second-order valence-electron chi connectivity index (χ2n) is 7.48. The van der Waals surface area contributed by atoms with E-state index in [0.29, 0.717) is 16.4 Å². The summed E-state index contributed by atoms with van der Waals surface area (Å²) in [6, 6.07) is 11.7. The van der Waals surface area contributed by atoms with Gasteiger partial charge in [0.05, 0.1) is 21.9 Å². The van der Waals surface area contributed by atoms with Gasteiger partial charge >= 0.3 is 0 Å². The van der Waals surface area contributed by atoms with Crippen LogP contribution in [0.1, 0.15) is 11.1 Å². The van der Waals surface area contributed by atoms with E-state index in [0.717, 1.165) is 11.1 Å². The number of hydrogen-bond donors (Lipinski definition) is 3. The zero-order valence-electron chi connectivity index (χ0n) is 16.0. The number of nitrogens with one attached hydrogen (secondary N) is 2. The lowest BCUT2D eigenvalue weighted by atomic mass is 10.0. The highest BCUT2D eigenvalue weighted by molar-refractivity contribution is 7.86. The fourth-order valence-electron chi connectivity index (χ4n) is 4.08. The first-order valence-electron chi connectivity index (χ1n) is 9.19. The lowest BCUT2D eigenvalue weighted by Gasteiger charge is -2.12. The molecule has 0 saturated carbocycles. The fourth-order valence-corrected chi connectivity index (χ4v) is 4.96. The van der Waals surface area contributed by atoms with Crippen LogP contribution >= 0.6 is 0 Å². The summed E-state index contributed by atoms with van der Waals surface area (Å²) in [6.45, 7) is 3.64. The molecule has 0 aliphatic rings. The van der Waals surface area contributed by atoms with Gasteiger partial charge in [-0.15, -0.1) is 0 Å². The molecule has 150 valence electrons. The van der Waals surface area contributed by atoms with E-state index in [1.165, 1.54) is 6.07 Å². The molecule has 3 N–H and O–H groups in total. The largest absolute Gasteiger partial charge is 0.354 e. The van der Waals surface area contributed by atoms with Gasteiger partial charge < -0.3 is 9.97 Å². The number of aromatic amines is 2. The normalized spacial score (nSPS) is 12.4. The van der Waals surface area contributed by atoms with E-state index in [9.17, 15) is 22.6 Å². The van der Waals surface area contributed by atoms with Gasteiger partial charge in [0.2, 0.25) is 0 Å². The van der Waals surface area contributed by atoms with E-state index in [2.05, 4.69) is 9.97 Å². The van der Waals surface area contributed by atoms with Crippen LogP contribution in [0.5, 0.6) is 0 Å². The summed E-state index contributed by atoms with van der Waals surface area (Å²) >= 11 is 0. The molecule has 2 heterocycles. The Kier molecular flexibility index (Phi) is 3.71. The number of fused-ring (bicyclic) bond motifs is 4. The van der Waals surface area contributed by atoms with Crippen LogP contribution in [0.25, 0.3) is 43.6 Å². The van der Waals surface area contributed by atoms with Gasteiger partial charge in [0.25, 0.3) is 10.1 Å². The minimum atomic E-state index is -4.84. The number of aromatic nitrogens is 2. The molecule has 0 aliphatic carbocycles. The third-order valence-corrected chi connectivity index (χ3v) is 6.39. The van der Waals surface area contributed by atoms with Gasteiger partial charge in [-0.3, -0.25) is 14.1 Å². The van der Waals surface area contributed by atoms with E-state index >= 15 is 0 Å². The number of H-pyrrole nitrogens is 2. The number of para-hydroxylation sites is 1. The molecule has 7 nitrogen and oxygen atoms in total. The molecular weight excluding hydrogens is 404 g/mol. The second-order valence-corrected chi connectivity index (χ2v) is 8.84. The Hall–Kier alpha value is -3.49. The second kappa shape index (κ2) is 6.01. The first kappa shape index (κ1) is 18.5. The maximum atomic E-state index is 13.2. The molecule has 5 aromatic rings. The van der Waals surface area contributed by atoms with Crippen molar-refractivity contribution in [3.05, 3.63) is 74.0 Å². The molecule has 5 rings (SSSR count). The van der Waals surface area contributed by atoms with Gasteiger partial charge in [-0.2, -0.15) is 8.42 Å². The van der Waals surface area contributed by atoms with Gasteiger partial charge in [0.1, 0.15) is 4.90 Å². The van der Waals surface area contributed by atoms with Crippen LogP contribution in [-0.2, 0) is 10.1 Å². The smallest absolute Gasteiger partial charge is 0.297 e. The number of benzene rings is 3. The van der Waals surface area contributed by atoms with Gasteiger partial charge in [-0.1, -0.05) is 18.2 Å². The van der Waals surface area contributed by atoms with Crippen molar-refractivity contribution in [1.29, 1.82) is 0 Å². The Labute approximate surface area is 169 Å². The third-order valence-electron chi connectivity index (χ3n) is 5.47.